The van der Waals surface area contributed by atoms with Gasteiger partial charge in [-0.3, -0.25) is 10.1 Å². The molecule has 6 heteroatoms. The van der Waals surface area contributed by atoms with Crippen molar-refractivity contribution in [2.45, 2.75) is 40.2 Å². The first-order valence-electron chi connectivity index (χ1n) is 8.84. The van der Waals surface area contributed by atoms with Gasteiger partial charge in [0, 0.05) is 31.4 Å². The molecular weight excluding hydrogens is 326 g/mol. The lowest BCUT2D eigenvalue weighted by Crippen LogP contribution is -2.25. The largest absolute Gasteiger partial charge is 0.323 e. The summed E-state index contributed by atoms with van der Waals surface area (Å²) in [7, 11) is 1.91. The van der Waals surface area contributed by atoms with Gasteiger partial charge in [-0.25, -0.2) is 9.97 Å². The van der Waals surface area contributed by atoms with Crippen molar-refractivity contribution in [2.24, 2.45) is 7.05 Å². The van der Waals surface area contributed by atoms with Crippen LogP contribution in [0.25, 0.3) is 11.3 Å². The number of nitrogens with one attached hydrogen (secondary N) is 1. The highest BCUT2D eigenvalue weighted by atomic mass is 16.2. The molecule has 1 atom stereocenters. The van der Waals surface area contributed by atoms with Crippen LogP contribution in [0.15, 0.2) is 36.8 Å². The van der Waals surface area contributed by atoms with E-state index >= 15 is 0 Å². The van der Waals surface area contributed by atoms with Crippen LogP contribution in [0.4, 0.5) is 5.95 Å². The Morgan fingerprint density at radius 2 is 2.00 bits per heavy atom. The van der Waals surface area contributed by atoms with Crippen molar-refractivity contribution < 1.29 is 4.79 Å². The molecule has 0 aliphatic rings. The lowest BCUT2D eigenvalue weighted by Gasteiger charge is -2.16. The zero-order valence-corrected chi connectivity index (χ0v) is 15.9. The topological polar surface area (TPSA) is 64.7 Å². The molecule has 1 aromatic carbocycles. The highest BCUT2D eigenvalue weighted by molar-refractivity contribution is 5.92. The molecule has 0 bridgehead atoms. The number of carbonyl (C=O) groups excluding carboxylic acids is 1. The average molecular weight is 351 g/mol. The summed E-state index contributed by atoms with van der Waals surface area (Å²) in [6.07, 6.45) is 6.13. The molecule has 0 saturated carbocycles. The van der Waals surface area contributed by atoms with E-state index in [0.717, 1.165) is 23.5 Å². The minimum atomic E-state index is -0.353. The second-order valence-corrected chi connectivity index (χ2v) is 6.59. The molecule has 2 aromatic heterocycles. The van der Waals surface area contributed by atoms with Crippen molar-refractivity contribution in [1.29, 1.82) is 0 Å². The predicted octanol–water partition coefficient (Wildman–Crippen LogP) is 3.66. The molecule has 3 rings (SSSR count). The average Bonchev–Trinajstić information content (AvgIpc) is 3.24. The van der Waals surface area contributed by atoms with E-state index in [2.05, 4.69) is 47.3 Å². The lowest BCUT2D eigenvalue weighted by molar-refractivity contribution is -0.118. The van der Waals surface area contributed by atoms with Crippen molar-refractivity contribution in [3.63, 3.8) is 0 Å². The maximum absolute atomic E-state index is 12.7. The van der Waals surface area contributed by atoms with Crippen LogP contribution in [0, 0.1) is 13.8 Å². The van der Waals surface area contributed by atoms with Crippen molar-refractivity contribution in [3.05, 3.63) is 53.7 Å². The number of imidazole rings is 2. The fourth-order valence-corrected chi connectivity index (χ4v) is 3.01. The van der Waals surface area contributed by atoms with Crippen LogP contribution < -0.4 is 5.32 Å². The predicted molar refractivity (Wildman–Crippen MR) is 103 cm³/mol. The molecule has 26 heavy (non-hydrogen) atoms. The quantitative estimate of drug-likeness (QED) is 0.763. The van der Waals surface area contributed by atoms with E-state index < -0.39 is 0 Å². The van der Waals surface area contributed by atoms with Crippen LogP contribution >= 0.6 is 0 Å². The SMILES string of the molecule is CCc1nccn1C(C)C(=O)Nc1ncc(-c2ccc(C)c(C)c2)n1C. The number of amides is 1. The molecule has 1 unspecified atom stereocenters. The third-order valence-corrected chi connectivity index (χ3v) is 4.89. The number of hydrogen-bond donors (Lipinski definition) is 1. The third kappa shape index (κ3) is 3.27. The first-order chi connectivity index (χ1) is 12.4. The third-order valence-electron chi connectivity index (χ3n) is 4.89. The molecule has 2 heterocycles. The molecule has 0 spiro atoms. The highest BCUT2D eigenvalue weighted by Crippen LogP contribution is 2.24. The minimum absolute atomic E-state index is 0.113. The fourth-order valence-electron chi connectivity index (χ4n) is 3.01. The number of aryl methyl sites for hydroxylation is 3. The van der Waals surface area contributed by atoms with Crippen LogP contribution in [0.1, 0.15) is 36.8 Å². The molecule has 0 radical (unpaired) electrons. The van der Waals surface area contributed by atoms with E-state index in [1.165, 1.54) is 11.1 Å². The molecular formula is C20H25N5O. The molecule has 1 amide bonds. The summed E-state index contributed by atoms with van der Waals surface area (Å²) in [6.45, 7) is 8.08. The highest BCUT2D eigenvalue weighted by Gasteiger charge is 2.19. The van der Waals surface area contributed by atoms with Gasteiger partial charge in [0.15, 0.2) is 0 Å². The van der Waals surface area contributed by atoms with Crippen molar-refractivity contribution in [2.75, 3.05) is 5.32 Å². The van der Waals surface area contributed by atoms with Gasteiger partial charge in [-0.2, -0.15) is 0 Å². The van der Waals surface area contributed by atoms with Gasteiger partial charge in [-0.15, -0.1) is 0 Å². The van der Waals surface area contributed by atoms with Gasteiger partial charge in [0.25, 0.3) is 0 Å². The first kappa shape index (κ1) is 17.9. The molecule has 0 aliphatic heterocycles. The number of benzene rings is 1. The number of rotatable bonds is 5. The summed E-state index contributed by atoms with van der Waals surface area (Å²) in [5, 5.41) is 2.93. The van der Waals surface area contributed by atoms with E-state index in [4.69, 9.17) is 0 Å². The molecule has 0 fully saturated rings. The summed E-state index contributed by atoms with van der Waals surface area (Å²) in [6, 6.07) is 5.96. The summed E-state index contributed by atoms with van der Waals surface area (Å²) in [4.78, 5) is 21.3. The maximum atomic E-state index is 12.7. The standard InChI is InChI=1S/C20H25N5O/c1-6-18-21-9-10-25(18)15(4)19(26)23-20-22-12-17(24(20)5)16-8-7-13(2)14(3)11-16/h7-12,15H,6H2,1-5H3,(H,22,23,26). The van der Waals surface area contributed by atoms with Crippen LogP contribution in [0.3, 0.4) is 0 Å². The second-order valence-electron chi connectivity index (χ2n) is 6.59. The number of aromatic nitrogens is 4. The Kier molecular flexibility index (Phi) is 4.93. The zero-order valence-electron chi connectivity index (χ0n) is 15.9. The van der Waals surface area contributed by atoms with Crippen LogP contribution in [-0.2, 0) is 18.3 Å². The number of nitrogens with zero attached hydrogens (tertiary/aromatic N) is 4. The Bertz CT molecular complexity index is 938. The first-order valence-corrected chi connectivity index (χ1v) is 8.84. The van der Waals surface area contributed by atoms with Gasteiger partial charge < -0.3 is 9.13 Å². The molecule has 1 N–H and O–H groups in total. The van der Waals surface area contributed by atoms with Gasteiger partial charge in [0.1, 0.15) is 11.9 Å². The molecule has 3 aromatic rings. The molecule has 0 aliphatic carbocycles. The number of hydrogen-bond acceptors (Lipinski definition) is 3. The van der Waals surface area contributed by atoms with E-state index in [1.807, 2.05) is 36.2 Å². The fraction of sp³-hybridized carbons (Fsp3) is 0.350. The molecule has 136 valence electrons. The molecule has 6 nitrogen and oxygen atoms in total. The van der Waals surface area contributed by atoms with Gasteiger partial charge >= 0.3 is 0 Å². The van der Waals surface area contributed by atoms with Gasteiger partial charge in [-0.05, 0) is 38.0 Å². The van der Waals surface area contributed by atoms with Crippen molar-refractivity contribution in [3.8, 4) is 11.3 Å². The summed E-state index contributed by atoms with van der Waals surface area (Å²) in [5.41, 5.74) is 4.54. The van der Waals surface area contributed by atoms with Crippen LogP contribution in [0.2, 0.25) is 0 Å². The lowest BCUT2D eigenvalue weighted by atomic mass is 10.0. The van der Waals surface area contributed by atoms with E-state index in [9.17, 15) is 4.79 Å². The second kappa shape index (κ2) is 7.15. The van der Waals surface area contributed by atoms with Gasteiger partial charge in [0.05, 0.1) is 11.9 Å². The van der Waals surface area contributed by atoms with Gasteiger partial charge in [-0.1, -0.05) is 19.1 Å². The smallest absolute Gasteiger partial charge is 0.249 e. The Balaban J connectivity index is 1.82. The summed E-state index contributed by atoms with van der Waals surface area (Å²) >= 11 is 0. The van der Waals surface area contributed by atoms with E-state index in [1.54, 1.807) is 12.4 Å². The number of carbonyl (C=O) groups is 1. The summed E-state index contributed by atoms with van der Waals surface area (Å²) in [5.74, 6) is 1.31. The Morgan fingerprint density at radius 1 is 1.23 bits per heavy atom. The van der Waals surface area contributed by atoms with Crippen LogP contribution in [0.5, 0.6) is 0 Å². The Labute approximate surface area is 153 Å². The Morgan fingerprint density at radius 3 is 2.69 bits per heavy atom. The summed E-state index contributed by atoms with van der Waals surface area (Å²) < 4.78 is 3.80. The van der Waals surface area contributed by atoms with E-state index in [0.29, 0.717) is 5.95 Å². The zero-order chi connectivity index (χ0) is 18.8. The minimum Gasteiger partial charge on any atom is -0.323 e. The number of anilines is 1. The van der Waals surface area contributed by atoms with Crippen LogP contribution in [-0.4, -0.2) is 25.0 Å². The van der Waals surface area contributed by atoms with Crippen molar-refractivity contribution >= 4 is 11.9 Å². The maximum Gasteiger partial charge on any atom is 0.249 e. The van der Waals surface area contributed by atoms with Gasteiger partial charge in [0.2, 0.25) is 11.9 Å². The normalized spacial score (nSPS) is 12.2. The monoisotopic (exact) mass is 351 g/mol. The van der Waals surface area contributed by atoms with Crippen molar-refractivity contribution in [1.82, 2.24) is 19.1 Å². The Hall–Kier alpha value is -2.89. The van der Waals surface area contributed by atoms with E-state index in [-0.39, 0.29) is 11.9 Å². The molecule has 0 saturated heterocycles.